The molecule has 2 atom stereocenters. The Labute approximate surface area is 186 Å². The quantitative estimate of drug-likeness (QED) is 0.583. The van der Waals surface area contributed by atoms with Crippen LogP contribution in [0.1, 0.15) is 25.7 Å². The molecule has 1 saturated heterocycles. The molecule has 1 aliphatic carbocycles. The number of nitrogens with zero attached hydrogens (tertiary/aromatic N) is 3. The number of fused-ring (bicyclic) bond motifs is 1. The normalized spacial score (nSPS) is 19.1. The number of aryl methyl sites for hydroxylation is 1. The number of carbonyl (C=O) groups is 1. The Morgan fingerprint density at radius 3 is 2.69 bits per heavy atom. The topological polar surface area (TPSA) is 87.5 Å². The minimum atomic E-state index is 0.0407. The van der Waals surface area contributed by atoms with Crippen LogP contribution < -0.4 is 19.5 Å². The van der Waals surface area contributed by atoms with E-state index in [1.165, 1.54) is 0 Å². The molecule has 32 heavy (non-hydrogen) atoms. The molecule has 1 saturated carbocycles. The summed E-state index contributed by atoms with van der Waals surface area (Å²) >= 11 is 0. The summed E-state index contributed by atoms with van der Waals surface area (Å²) in [7, 11) is 5.19. The third-order valence-electron chi connectivity index (χ3n) is 6.38. The van der Waals surface area contributed by atoms with Gasteiger partial charge in [-0.05, 0) is 55.4 Å². The van der Waals surface area contributed by atoms with Crippen molar-refractivity contribution >= 4 is 16.9 Å². The number of imidazole rings is 1. The van der Waals surface area contributed by atoms with Crippen LogP contribution in [0.4, 0.5) is 0 Å². The zero-order chi connectivity index (χ0) is 22.2. The first kappa shape index (κ1) is 20.6. The van der Waals surface area contributed by atoms with Crippen molar-refractivity contribution < 1.29 is 19.0 Å². The van der Waals surface area contributed by atoms with Gasteiger partial charge in [-0.2, -0.15) is 0 Å². The van der Waals surface area contributed by atoms with Crippen LogP contribution >= 0.6 is 0 Å². The molecule has 0 unspecified atom stereocenters. The highest BCUT2D eigenvalue weighted by atomic mass is 16.5. The molecule has 1 amide bonds. The van der Waals surface area contributed by atoms with Gasteiger partial charge in [-0.1, -0.05) is 0 Å². The molecule has 5 rings (SSSR count). The van der Waals surface area contributed by atoms with Gasteiger partial charge in [-0.3, -0.25) is 4.79 Å². The van der Waals surface area contributed by atoms with E-state index in [1.54, 1.807) is 20.5 Å². The first-order valence-electron chi connectivity index (χ1n) is 11.0. The number of pyridine rings is 1. The van der Waals surface area contributed by atoms with Crippen molar-refractivity contribution in [3.05, 3.63) is 30.6 Å². The smallest absolute Gasteiger partial charge is 0.241 e. The summed E-state index contributed by atoms with van der Waals surface area (Å²) in [5.74, 6) is 2.85. The fourth-order valence-corrected chi connectivity index (χ4v) is 4.47. The van der Waals surface area contributed by atoms with E-state index >= 15 is 0 Å². The number of ether oxygens (including phenoxy) is 3. The molecule has 3 aromatic rings. The molecular formula is C24H28N4O4. The van der Waals surface area contributed by atoms with Crippen molar-refractivity contribution in [1.29, 1.82) is 0 Å². The number of hydrogen-bond acceptors (Lipinski definition) is 6. The van der Waals surface area contributed by atoms with Gasteiger partial charge in [0.05, 0.1) is 31.8 Å². The van der Waals surface area contributed by atoms with Crippen LogP contribution in [0.25, 0.3) is 22.3 Å². The number of rotatable bonds is 8. The number of methoxy groups -OCH3 is 2. The summed E-state index contributed by atoms with van der Waals surface area (Å²) in [6.45, 7) is 0.728. The molecule has 8 heteroatoms. The van der Waals surface area contributed by atoms with Gasteiger partial charge in [0.25, 0.3) is 0 Å². The van der Waals surface area contributed by atoms with Gasteiger partial charge >= 0.3 is 0 Å². The second-order valence-electron chi connectivity index (χ2n) is 8.71. The summed E-state index contributed by atoms with van der Waals surface area (Å²) in [5, 5.41) is 2.94. The van der Waals surface area contributed by atoms with Crippen molar-refractivity contribution in [2.24, 2.45) is 18.9 Å². The lowest BCUT2D eigenvalue weighted by atomic mass is 9.98. The van der Waals surface area contributed by atoms with Crippen molar-refractivity contribution in [1.82, 2.24) is 19.9 Å². The van der Waals surface area contributed by atoms with Crippen LogP contribution in [0.5, 0.6) is 17.4 Å². The second-order valence-corrected chi connectivity index (χ2v) is 8.71. The molecule has 2 aromatic heterocycles. The van der Waals surface area contributed by atoms with Gasteiger partial charge in [0.15, 0.2) is 11.5 Å². The number of aromatic nitrogens is 3. The maximum atomic E-state index is 11.7. The molecular weight excluding hydrogens is 408 g/mol. The Bertz CT molecular complexity index is 1150. The van der Waals surface area contributed by atoms with Crippen LogP contribution in [0.15, 0.2) is 30.6 Å². The van der Waals surface area contributed by atoms with E-state index in [4.69, 9.17) is 19.2 Å². The van der Waals surface area contributed by atoms with E-state index in [0.717, 1.165) is 48.1 Å². The summed E-state index contributed by atoms with van der Waals surface area (Å²) in [6, 6.07) is 7.70. The molecule has 168 valence electrons. The second kappa shape index (κ2) is 8.33. The van der Waals surface area contributed by atoms with Gasteiger partial charge in [-0.25, -0.2) is 9.97 Å². The molecule has 0 bridgehead atoms. The molecule has 8 nitrogen and oxygen atoms in total. The fraction of sp³-hybridized carbons (Fsp3) is 0.458. The third-order valence-corrected chi connectivity index (χ3v) is 6.38. The molecule has 2 aliphatic rings. The maximum absolute atomic E-state index is 11.7. The minimum Gasteiger partial charge on any atom is -0.493 e. The van der Waals surface area contributed by atoms with E-state index in [1.807, 2.05) is 35.9 Å². The number of nitrogens with one attached hydrogen (secondary N) is 1. The summed E-state index contributed by atoms with van der Waals surface area (Å²) < 4.78 is 19.4. The first-order valence-corrected chi connectivity index (χ1v) is 11.0. The highest BCUT2D eigenvalue weighted by molar-refractivity contribution is 5.85. The summed E-state index contributed by atoms with van der Waals surface area (Å²) in [5.41, 5.74) is 3.36. The predicted molar refractivity (Wildman–Crippen MR) is 120 cm³/mol. The molecule has 1 aliphatic heterocycles. The zero-order valence-electron chi connectivity index (χ0n) is 18.6. The van der Waals surface area contributed by atoms with Crippen molar-refractivity contribution in [3.8, 4) is 28.6 Å². The SMILES string of the molecule is COc1ccc(-c2cc3ncn(C)c3c(O[C@H](C[C@H]3CNC(=O)C3)C3CC3)n2)cc1OC. The van der Waals surface area contributed by atoms with Crippen LogP contribution in [0.3, 0.4) is 0 Å². The molecule has 0 spiro atoms. The van der Waals surface area contributed by atoms with Gasteiger partial charge in [0.1, 0.15) is 11.6 Å². The zero-order valence-corrected chi connectivity index (χ0v) is 18.6. The summed E-state index contributed by atoms with van der Waals surface area (Å²) in [4.78, 5) is 21.1. The molecule has 2 fully saturated rings. The van der Waals surface area contributed by atoms with Gasteiger partial charge in [-0.15, -0.1) is 0 Å². The van der Waals surface area contributed by atoms with Gasteiger partial charge in [0, 0.05) is 25.6 Å². The van der Waals surface area contributed by atoms with Crippen LogP contribution in [-0.2, 0) is 11.8 Å². The first-order chi connectivity index (χ1) is 15.6. The van der Waals surface area contributed by atoms with E-state index in [-0.39, 0.29) is 12.0 Å². The van der Waals surface area contributed by atoms with E-state index < -0.39 is 0 Å². The van der Waals surface area contributed by atoms with Crippen molar-refractivity contribution in [2.45, 2.75) is 31.8 Å². The van der Waals surface area contributed by atoms with Crippen molar-refractivity contribution in [3.63, 3.8) is 0 Å². The number of carbonyl (C=O) groups excluding carboxylic acids is 1. The standard InChI is InChI=1S/C24H28N4O4/c1-28-13-26-18-11-17(16-6-7-19(30-2)21(10-16)31-3)27-24(23(18)28)32-20(15-4-5-15)8-14-9-22(29)25-12-14/h6-7,10-11,13-15,20H,4-5,8-9,12H2,1-3H3,(H,25,29)/t14-,20-/m1/s1. The Morgan fingerprint density at radius 1 is 1.19 bits per heavy atom. The van der Waals surface area contributed by atoms with E-state index in [9.17, 15) is 4.79 Å². The highest BCUT2D eigenvalue weighted by Gasteiger charge is 2.37. The third kappa shape index (κ3) is 3.97. The lowest BCUT2D eigenvalue weighted by Gasteiger charge is -2.22. The molecule has 1 N–H and O–H groups in total. The lowest BCUT2D eigenvalue weighted by Crippen LogP contribution is -2.25. The maximum Gasteiger partial charge on any atom is 0.241 e. The van der Waals surface area contributed by atoms with Crippen LogP contribution in [0.2, 0.25) is 0 Å². The number of benzene rings is 1. The Morgan fingerprint density at radius 2 is 2.00 bits per heavy atom. The van der Waals surface area contributed by atoms with Gasteiger partial charge in [0.2, 0.25) is 11.8 Å². The average molecular weight is 437 g/mol. The Balaban J connectivity index is 1.50. The highest BCUT2D eigenvalue weighted by Crippen LogP contribution is 2.40. The van der Waals surface area contributed by atoms with Crippen LogP contribution in [-0.4, -0.2) is 47.3 Å². The van der Waals surface area contributed by atoms with Crippen molar-refractivity contribution in [2.75, 3.05) is 20.8 Å². The van der Waals surface area contributed by atoms with Gasteiger partial charge < -0.3 is 24.1 Å². The minimum absolute atomic E-state index is 0.0407. The Kier molecular flexibility index (Phi) is 5.36. The lowest BCUT2D eigenvalue weighted by molar-refractivity contribution is -0.119. The van der Waals surface area contributed by atoms with E-state index in [2.05, 4.69) is 10.3 Å². The average Bonchev–Trinajstić information content (AvgIpc) is 3.47. The summed E-state index contributed by atoms with van der Waals surface area (Å²) in [6.07, 6.45) is 5.56. The molecule has 0 radical (unpaired) electrons. The number of amides is 1. The van der Waals surface area contributed by atoms with E-state index in [0.29, 0.717) is 35.6 Å². The predicted octanol–water partition coefficient (Wildman–Crippen LogP) is 3.34. The fourth-order valence-electron chi connectivity index (χ4n) is 4.47. The molecule has 3 heterocycles. The monoisotopic (exact) mass is 436 g/mol. The largest absolute Gasteiger partial charge is 0.493 e. The Hall–Kier alpha value is -3.29. The van der Waals surface area contributed by atoms with Crippen LogP contribution in [0, 0.1) is 11.8 Å². The molecule has 1 aromatic carbocycles. The number of hydrogen-bond donors (Lipinski definition) is 1.